The van der Waals surface area contributed by atoms with E-state index in [4.69, 9.17) is 4.74 Å². The van der Waals surface area contributed by atoms with Crippen LogP contribution < -0.4 is 0 Å². The van der Waals surface area contributed by atoms with Crippen molar-refractivity contribution >= 4 is 0 Å². The van der Waals surface area contributed by atoms with Crippen LogP contribution >= 0.6 is 0 Å². The third kappa shape index (κ3) is 12.7. The Bertz CT molecular complexity index is 165. The van der Waals surface area contributed by atoms with Crippen molar-refractivity contribution < 1.29 is 4.74 Å². The average molecular weight is 269 g/mol. The molecule has 1 radical (unpaired) electrons. The van der Waals surface area contributed by atoms with Crippen molar-refractivity contribution in [2.75, 3.05) is 13.2 Å². The van der Waals surface area contributed by atoms with Gasteiger partial charge in [-0.1, -0.05) is 72.1 Å². The third-order valence-corrected chi connectivity index (χ3v) is 4.04. The van der Waals surface area contributed by atoms with Crippen LogP contribution in [0.25, 0.3) is 0 Å². The van der Waals surface area contributed by atoms with Gasteiger partial charge in [-0.25, -0.2) is 0 Å². The quantitative estimate of drug-likeness (QED) is 0.342. The van der Waals surface area contributed by atoms with Gasteiger partial charge in [-0.3, -0.25) is 0 Å². The first-order valence-corrected chi connectivity index (χ1v) is 8.60. The Balaban J connectivity index is 3.43. The predicted molar refractivity (Wildman–Crippen MR) is 86.4 cm³/mol. The highest BCUT2D eigenvalue weighted by molar-refractivity contribution is 4.86. The summed E-state index contributed by atoms with van der Waals surface area (Å²) in [4.78, 5) is 0. The van der Waals surface area contributed by atoms with Crippen LogP contribution in [0.5, 0.6) is 0 Å². The Morgan fingerprint density at radius 3 is 1.89 bits per heavy atom. The molecule has 0 aromatic rings. The predicted octanol–water partition coefficient (Wildman–Crippen LogP) is 6.17. The van der Waals surface area contributed by atoms with Gasteiger partial charge < -0.3 is 4.74 Å². The van der Waals surface area contributed by atoms with Gasteiger partial charge in [0.2, 0.25) is 0 Å². The molecule has 0 saturated carbocycles. The number of unbranched alkanes of at least 4 members (excludes halogenated alkanes) is 7. The van der Waals surface area contributed by atoms with Gasteiger partial charge in [-0.15, -0.1) is 0 Å². The van der Waals surface area contributed by atoms with E-state index in [1.54, 1.807) is 5.92 Å². The molecule has 1 heteroatoms. The lowest BCUT2D eigenvalue weighted by Crippen LogP contribution is -2.10. The SMILES string of the molecule is CCCCCCCCCCC(CCOCC)[C](C)C. The summed E-state index contributed by atoms with van der Waals surface area (Å²) in [6, 6.07) is 0. The van der Waals surface area contributed by atoms with Crippen molar-refractivity contribution in [2.24, 2.45) is 5.92 Å². The highest BCUT2D eigenvalue weighted by atomic mass is 16.5. The zero-order valence-corrected chi connectivity index (χ0v) is 14.0. The van der Waals surface area contributed by atoms with Crippen LogP contribution in [0, 0.1) is 11.8 Å². The van der Waals surface area contributed by atoms with Crippen LogP contribution in [-0.4, -0.2) is 13.2 Å². The fraction of sp³-hybridized carbons (Fsp3) is 0.944. The van der Waals surface area contributed by atoms with Crippen LogP contribution in [0.4, 0.5) is 0 Å². The summed E-state index contributed by atoms with van der Waals surface area (Å²) >= 11 is 0. The first-order chi connectivity index (χ1) is 9.22. The Morgan fingerprint density at radius 1 is 0.789 bits per heavy atom. The number of ether oxygens (including phenoxy) is 1. The molecule has 0 aliphatic carbocycles. The molecule has 0 aromatic heterocycles. The van der Waals surface area contributed by atoms with Crippen LogP contribution in [0.3, 0.4) is 0 Å². The third-order valence-electron chi connectivity index (χ3n) is 4.04. The molecule has 0 aliphatic heterocycles. The van der Waals surface area contributed by atoms with Gasteiger partial charge in [0, 0.05) is 13.2 Å². The molecule has 19 heavy (non-hydrogen) atoms. The van der Waals surface area contributed by atoms with E-state index in [0.717, 1.165) is 19.1 Å². The summed E-state index contributed by atoms with van der Waals surface area (Å²) in [7, 11) is 0. The zero-order chi connectivity index (χ0) is 14.3. The molecule has 115 valence electrons. The maximum absolute atomic E-state index is 5.48. The molecule has 0 rings (SSSR count). The number of hydrogen-bond donors (Lipinski definition) is 0. The first-order valence-electron chi connectivity index (χ1n) is 8.60. The lowest BCUT2D eigenvalue weighted by Gasteiger charge is -2.20. The summed E-state index contributed by atoms with van der Waals surface area (Å²) < 4.78 is 5.48. The van der Waals surface area contributed by atoms with E-state index in [-0.39, 0.29) is 0 Å². The molecule has 1 unspecified atom stereocenters. The summed E-state index contributed by atoms with van der Waals surface area (Å²) in [6.45, 7) is 10.7. The van der Waals surface area contributed by atoms with Gasteiger partial charge in [0.15, 0.2) is 0 Å². The van der Waals surface area contributed by atoms with Crippen LogP contribution in [0.15, 0.2) is 0 Å². The maximum atomic E-state index is 5.48. The molecular formula is C18H37O. The van der Waals surface area contributed by atoms with Crippen molar-refractivity contribution in [3.05, 3.63) is 5.92 Å². The van der Waals surface area contributed by atoms with Gasteiger partial charge >= 0.3 is 0 Å². The topological polar surface area (TPSA) is 9.23 Å². The molecular weight excluding hydrogens is 232 g/mol. The molecule has 0 fully saturated rings. The minimum atomic E-state index is 0.784. The van der Waals surface area contributed by atoms with Crippen molar-refractivity contribution in [1.29, 1.82) is 0 Å². The lowest BCUT2D eigenvalue weighted by atomic mass is 9.87. The maximum Gasteiger partial charge on any atom is 0.0468 e. The lowest BCUT2D eigenvalue weighted by molar-refractivity contribution is 0.132. The van der Waals surface area contributed by atoms with E-state index < -0.39 is 0 Å². The highest BCUT2D eigenvalue weighted by Gasteiger charge is 2.12. The summed E-state index contributed by atoms with van der Waals surface area (Å²) in [5.41, 5.74) is 0. The molecule has 0 bridgehead atoms. The Hall–Kier alpha value is -0.0400. The van der Waals surface area contributed by atoms with E-state index in [1.807, 2.05) is 0 Å². The van der Waals surface area contributed by atoms with Gasteiger partial charge in [-0.05, 0) is 31.6 Å². The van der Waals surface area contributed by atoms with Crippen LogP contribution in [0.1, 0.15) is 91.9 Å². The molecule has 0 amide bonds. The van der Waals surface area contributed by atoms with E-state index in [9.17, 15) is 0 Å². The van der Waals surface area contributed by atoms with Crippen molar-refractivity contribution in [2.45, 2.75) is 91.9 Å². The molecule has 0 aromatic carbocycles. The van der Waals surface area contributed by atoms with Crippen molar-refractivity contribution in [3.8, 4) is 0 Å². The Morgan fingerprint density at radius 2 is 1.37 bits per heavy atom. The summed E-state index contributed by atoms with van der Waals surface area (Å²) in [6.07, 6.45) is 13.9. The largest absolute Gasteiger partial charge is 0.382 e. The fourth-order valence-electron chi connectivity index (χ4n) is 2.62. The van der Waals surface area contributed by atoms with Crippen molar-refractivity contribution in [1.82, 2.24) is 0 Å². The molecule has 0 N–H and O–H groups in total. The highest BCUT2D eigenvalue weighted by Crippen LogP contribution is 2.24. The fourth-order valence-corrected chi connectivity index (χ4v) is 2.62. The summed E-state index contributed by atoms with van der Waals surface area (Å²) in [5.74, 6) is 2.37. The molecule has 0 saturated heterocycles. The second-order valence-corrected chi connectivity index (χ2v) is 6.02. The second-order valence-electron chi connectivity index (χ2n) is 6.02. The van der Waals surface area contributed by atoms with Gasteiger partial charge in [0.1, 0.15) is 0 Å². The molecule has 0 aliphatic rings. The van der Waals surface area contributed by atoms with Gasteiger partial charge in [-0.2, -0.15) is 0 Å². The average Bonchev–Trinajstić information content (AvgIpc) is 2.39. The monoisotopic (exact) mass is 269 g/mol. The Kier molecular flexibility index (Phi) is 14.3. The van der Waals surface area contributed by atoms with E-state index >= 15 is 0 Å². The molecule has 1 nitrogen and oxygen atoms in total. The van der Waals surface area contributed by atoms with E-state index in [2.05, 4.69) is 27.7 Å². The number of rotatable bonds is 14. The van der Waals surface area contributed by atoms with Crippen LogP contribution in [-0.2, 0) is 4.74 Å². The van der Waals surface area contributed by atoms with E-state index in [1.165, 1.54) is 64.2 Å². The minimum absolute atomic E-state index is 0.784. The molecule has 0 spiro atoms. The van der Waals surface area contributed by atoms with Crippen molar-refractivity contribution in [3.63, 3.8) is 0 Å². The minimum Gasteiger partial charge on any atom is -0.382 e. The standard InChI is InChI=1S/C18H37O/c1-5-7-8-9-10-11-12-13-14-18(17(3)4)15-16-19-6-2/h18H,5-16H2,1-4H3. The van der Waals surface area contributed by atoms with Crippen LogP contribution in [0.2, 0.25) is 0 Å². The zero-order valence-electron chi connectivity index (χ0n) is 14.0. The molecule has 0 heterocycles. The van der Waals surface area contributed by atoms with E-state index in [0.29, 0.717) is 0 Å². The van der Waals surface area contributed by atoms with Gasteiger partial charge in [0.05, 0.1) is 0 Å². The molecule has 1 atom stereocenters. The normalized spacial score (nSPS) is 13.1. The smallest absolute Gasteiger partial charge is 0.0468 e. The Labute approximate surface area is 122 Å². The first kappa shape index (κ1) is 19.0. The van der Waals surface area contributed by atoms with Gasteiger partial charge in [0.25, 0.3) is 0 Å². The summed E-state index contributed by atoms with van der Waals surface area (Å²) in [5, 5.41) is 0. The number of hydrogen-bond acceptors (Lipinski definition) is 1. The second kappa shape index (κ2) is 14.4.